The Labute approximate surface area is 158 Å². The highest BCUT2D eigenvalue weighted by Crippen LogP contribution is 2.22. The number of likely N-dealkylation sites (tertiary alicyclic amines) is 1. The van der Waals surface area contributed by atoms with E-state index in [0.29, 0.717) is 6.04 Å². The normalized spacial score (nSPS) is 17.1. The van der Waals surface area contributed by atoms with Crippen molar-refractivity contribution in [1.29, 1.82) is 0 Å². The molecule has 1 aromatic heterocycles. The molecule has 140 valence electrons. The van der Waals surface area contributed by atoms with E-state index in [-0.39, 0.29) is 11.9 Å². The number of hydrogen-bond donors (Lipinski definition) is 2. The van der Waals surface area contributed by atoms with Gasteiger partial charge < -0.3 is 5.32 Å². The SMILES string of the molecule is Fc1cccc(CN2CCC(N[C@@H](c3ccccc3)c3ncn[nH]3)CC2)c1. The molecule has 0 unspecified atom stereocenters. The van der Waals surface area contributed by atoms with E-state index in [0.717, 1.165) is 43.9 Å². The molecule has 4 rings (SSSR count). The van der Waals surface area contributed by atoms with Crippen LogP contribution in [0.3, 0.4) is 0 Å². The highest BCUT2D eigenvalue weighted by atomic mass is 19.1. The van der Waals surface area contributed by atoms with Gasteiger partial charge >= 0.3 is 0 Å². The van der Waals surface area contributed by atoms with E-state index in [1.54, 1.807) is 18.5 Å². The van der Waals surface area contributed by atoms with Gasteiger partial charge in [0, 0.05) is 12.6 Å². The topological polar surface area (TPSA) is 56.8 Å². The van der Waals surface area contributed by atoms with Crippen LogP contribution < -0.4 is 5.32 Å². The Balaban J connectivity index is 1.37. The highest BCUT2D eigenvalue weighted by Gasteiger charge is 2.24. The number of H-pyrrole nitrogens is 1. The summed E-state index contributed by atoms with van der Waals surface area (Å²) in [6, 6.07) is 17.6. The summed E-state index contributed by atoms with van der Waals surface area (Å²) >= 11 is 0. The number of nitrogens with one attached hydrogen (secondary N) is 2. The Morgan fingerprint density at radius 2 is 1.93 bits per heavy atom. The fourth-order valence-electron chi connectivity index (χ4n) is 3.72. The van der Waals surface area contributed by atoms with Crippen molar-refractivity contribution in [2.24, 2.45) is 0 Å². The standard InChI is InChI=1S/C21H24FN5/c22-18-8-4-5-16(13-18)14-27-11-9-19(10-12-27)25-20(21-23-15-24-26-21)17-6-2-1-3-7-17/h1-8,13,15,19-20,25H,9-12,14H2,(H,23,24,26)/t20-/m0/s1. The molecule has 0 bridgehead atoms. The number of piperidine rings is 1. The van der Waals surface area contributed by atoms with Crippen LogP contribution in [0.1, 0.15) is 35.8 Å². The molecule has 1 fully saturated rings. The number of aromatic amines is 1. The zero-order valence-electron chi connectivity index (χ0n) is 15.2. The average Bonchev–Trinajstić information content (AvgIpc) is 3.23. The minimum Gasteiger partial charge on any atom is -0.301 e. The summed E-state index contributed by atoms with van der Waals surface area (Å²) in [7, 11) is 0. The fourth-order valence-corrected chi connectivity index (χ4v) is 3.72. The van der Waals surface area contributed by atoms with E-state index >= 15 is 0 Å². The molecule has 1 aliphatic rings. The van der Waals surface area contributed by atoms with Crippen LogP contribution in [0.4, 0.5) is 4.39 Å². The number of halogens is 1. The zero-order valence-corrected chi connectivity index (χ0v) is 15.2. The lowest BCUT2D eigenvalue weighted by Crippen LogP contribution is -2.43. The Bertz CT molecular complexity index is 829. The van der Waals surface area contributed by atoms with Crippen LogP contribution >= 0.6 is 0 Å². The quantitative estimate of drug-likeness (QED) is 0.704. The molecule has 27 heavy (non-hydrogen) atoms. The van der Waals surface area contributed by atoms with Crippen LogP contribution in [0.25, 0.3) is 0 Å². The summed E-state index contributed by atoms with van der Waals surface area (Å²) < 4.78 is 13.4. The third-order valence-electron chi connectivity index (χ3n) is 5.13. The third kappa shape index (κ3) is 4.59. The second kappa shape index (κ2) is 8.41. The van der Waals surface area contributed by atoms with Gasteiger partial charge in [-0.1, -0.05) is 42.5 Å². The van der Waals surface area contributed by atoms with Crippen LogP contribution in [0.5, 0.6) is 0 Å². The molecule has 0 spiro atoms. The molecule has 1 aliphatic heterocycles. The second-order valence-corrected chi connectivity index (χ2v) is 7.06. The lowest BCUT2D eigenvalue weighted by atomic mass is 10.00. The minimum atomic E-state index is -0.165. The minimum absolute atomic E-state index is 0.00784. The van der Waals surface area contributed by atoms with Crippen LogP contribution in [-0.2, 0) is 6.54 Å². The maximum absolute atomic E-state index is 13.4. The monoisotopic (exact) mass is 365 g/mol. The van der Waals surface area contributed by atoms with Crippen molar-refractivity contribution in [2.75, 3.05) is 13.1 Å². The molecule has 1 atom stereocenters. The lowest BCUT2D eigenvalue weighted by Gasteiger charge is -2.34. The Kier molecular flexibility index (Phi) is 5.55. The van der Waals surface area contributed by atoms with Gasteiger partial charge in [0.2, 0.25) is 0 Å². The van der Waals surface area contributed by atoms with Crippen molar-refractivity contribution in [3.63, 3.8) is 0 Å². The van der Waals surface area contributed by atoms with Gasteiger partial charge in [-0.05, 0) is 49.2 Å². The average molecular weight is 365 g/mol. The van der Waals surface area contributed by atoms with E-state index in [1.807, 2.05) is 24.3 Å². The van der Waals surface area contributed by atoms with Gasteiger partial charge in [-0.25, -0.2) is 9.37 Å². The molecule has 0 radical (unpaired) electrons. The summed E-state index contributed by atoms with van der Waals surface area (Å²) in [5, 5.41) is 10.8. The highest BCUT2D eigenvalue weighted by molar-refractivity contribution is 5.24. The lowest BCUT2D eigenvalue weighted by molar-refractivity contribution is 0.186. The summed E-state index contributed by atoms with van der Waals surface area (Å²) in [5.41, 5.74) is 2.21. The van der Waals surface area contributed by atoms with Crippen molar-refractivity contribution >= 4 is 0 Å². The van der Waals surface area contributed by atoms with Crippen molar-refractivity contribution in [3.8, 4) is 0 Å². The Morgan fingerprint density at radius 3 is 2.63 bits per heavy atom. The number of nitrogens with zero attached hydrogens (tertiary/aromatic N) is 3. The van der Waals surface area contributed by atoms with E-state index in [4.69, 9.17) is 0 Å². The van der Waals surface area contributed by atoms with Gasteiger partial charge in [-0.3, -0.25) is 10.00 Å². The van der Waals surface area contributed by atoms with Crippen molar-refractivity contribution in [3.05, 3.63) is 83.7 Å². The first-order valence-corrected chi connectivity index (χ1v) is 9.41. The van der Waals surface area contributed by atoms with Gasteiger partial charge in [0.05, 0.1) is 6.04 Å². The first kappa shape index (κ1) is 17.8. The maximum Gasteiger partial charge on any atom is 0.145 e. The van der Waals surface area contributed by atoms with E-state index in [9.17, 15) is 4.39 Å². The number of hydrogen-bond acceptors (Lipinski definition) is 4. The van der Waals surface area contributed by atoms with Crippen LogP contribution in [0.15, 0.2) is 60.9 Å². The summed E-state index contributed by atoms with van der Waals surface area (Å²) in [6.07, 6.45) is 3.65. The Morgan fingerprint density at radius 1 is 1.11 bits per heavy atom. The molecule has 5 nitrogen and oxygen atoms in total. The van der Waals surface area contributed by atoms with Gasteiger partial charge in [0.25, 0.3) is 0 Å². The first-order chi connectivity index (χ1) is 13.3. The summed E-state index contributed by atoms with van der Waals surface area (Å²) in [4.78, 5) is 6.75. The smallest absolute Gasteiger partial charge is 0.145 e. The molecule has 0 saturated carbocycles. The molecule has 1 saturated heterocycles. The number of aromatic nitrogens is 3. The second-order valence-electron chi connectivity index (χ2n) is 7.06. The van der Waals surface area contributed by atoms with Crippen molar-refractivity contribution in [2.45, 2.75) is 31.5 Å². The zero-order chi connectivity index (χ0) is 18.5. The predicted molar refractivity (Wildman–Crippen MR) is 103 cm³/mol. The summed E-state index contributed by atoms with van der Waals surface area (Å²) in [5.74, 6) is 0.671. The molecule has 2 N–H and O–H groups in total. The van der Waals surface area contributed by atoms with Crippen LogP contribution in [0.2, 0.25) is 0 Å². The molecule has 6 heteroatoms. The largest absolute Gasteiger partial charge is 0.301 e. The van der Waals surface area contributed by atoms with Crippen LogP contribution in [0, 0.1) is 5.82 Å². The van der Waals surface area contributed by atoms with Gasteiger partial charge in [0.1, 0.15) is 18.0 Å². The summed E-state index contributed by atoms with van der Waals surface area (Å²) in [6.45, 7) is 2.78. The van der Waals surface area contributed by atoms with Crippen LogP contribution in [-0.4, -0.2) is 39.2 Å². The first-order valence-electron chi connectivity index (χ1n) is 9.41. The molecular formula is C21H24FN5. The van der Waals surface area contributed by atoms with E-state index in [2.05, 4.69) is 37.5 Å². The van der Waals surface area contributed by atoms with Gasteiger partial charge in [-0.2, -0.15) is 5.10 Å². The molecule has 2 aromatic carbocycles. The fraction of sp³-hybridized carbons (Fsp3) is 0.333. The molecule has 0 aliphatic carbocycles. The molecule has 2 heterocycles. The van der Waals surface area contributed by atoms with Gasteiger partial charge in [-0.15, -0.1) is 0 Å². The maximum atomic E-state index is 13.4. The third-order valence-corrected chi connectivity index (χ3v) is 5.13. The number of rotatable bonds is 6. The van der Waals surface area contributed by atoms with Gasteiger partial charge in [0.15, 0.2) is 0 Å². The predicted octanol–water partition coefficient (Wildman–Crippen LogP) is 3.29. The van der Waals surface area contributed by atoms with Crippen molar-refractivity contribution in [1.82, 2.24) is 25.4 Å². The Hall–Kier alpha value is -2.57. The van der Waals surface area contributed by atoms with E-state index in [1.165, 1.54) is 11.6 Å². The molecule has 0 amide bonds. The number of benzene rings is 2. The molecular weight excluding hydrogens is 341 g/mol. The molecule has 3 aromatic rings. The van der Waals surface area contributed by atoms with E-state index < -0.39 is 0 Å². The van der Waals surface area contributed by atoms with Crippen molar-refractivity contribution < 1.29 is 4.39 Å².